The lowest BCUT2D eigenvalue weighted by atomic mass is 10.1. The van der Waals surface area contributed by atoms with Crippen LogP contribution in [0.3, 0.4) is 0 Å². The number of likely N-dealkylation sites (tertiary alicyclic amines) is 1. The van der Waals surface area contributed by atoms with E-state index in [1.807, 2.05) is 6.92 Å². The molecule has 0 aromatic heterocycles. The lowest BCUT2D eigenvalue weighted by Crippen LogP contribution is -2.40. The van der Waals surface area contributed by atoms with Crippen LogP contribution >= 0.6 is 0 Å². The molecule has 8 nitrogen and oxygen atoms in total. The highest BCUT2D eigenvalue weighted by atomic mass is 16.6. The molecule has 2 N–H and O–H groups in total. The van der Waals surface area contributed by atoms with E-state index in [2.05, 4.69) is 20.5 Å². The second-order valence-corrected chi connectivity index (χ2v) is 5.99. The summed E-state index contributed by atoms with van der Waals surface area (Å²) in [5, 5.41) is 17.4. The maximum atomic E-state index is 11.0. The molecule has 1 aromatic carbocycles. The van der Waals surface area contributed by atoms with Crippen molar-refractivity contribution in [1.29, 1.82) is 0 Å². The Hall–Kier alpha value is -2.35. The molecule has 0 aliphatic carbocycles. The van der Waals surface area contributed by atoms with Crippen LogP contribution in [0.2, 0.25) is 0 Å². The van der Waals surface area contributed by atoms with Gasteiger partial charge >= 0.3 is 0 Å². The smallest absolute Gasteiger partial charge is 0.292 e. The fourth-order valence-electron chi connectivity index (χ4n) is 2.96. The molecule has 8 heteroatoms. The number of nitro groups is 1. The van der Waals surface area contributed by atoms with Gasteiger partial charge in [-0.05, 0) is 19.4 Å². The van der Waals surface area contributed by atoms with Crippen molar-refractivity contribution >= 4 is 17.3 Å². The summed E-state index contributed by atoms with van der Waals surface area (Å²) in [6.07, 6.45) is 1.10. The van der Waals surface area contributed by atoms with Gasteiger partial charge in [0.1, 0.15) is 5.69 Å². The number of ether oxygens (including phenoxy) is 1. The summed E-state index contributed by atoms with van der Waals surface area (Å²) in [6.45, 7) is 6.62. The molecule has 25 heavy (non-hydrogen) atoms. The van der Waals surface area contributed by atoms with E-state index in [0.717, 1.165) is 38.6 Å². The van der Waals surface area contributed by atoms with Gasteiger partial charge in [-0.3, -0.25) is 15.1 Å². The van der Waals surface area contributed by atoms with Crippen LogP contribution in [0.25, 0.3) is 0 Å². The van der Waals surface area contributed by atoms with Crippen molar-refractivity contribution in [1.82, 2.24) is 10.2 Å². The summed E-state index contributed by atoms with van der Waals surface area (Å²) in [5.74, 6) is 1.43. The third-order valence-corrected chi connectivity index (χ3v) is 4.11. The Morgan fingerprint density at radius 2 is 2.28 bits per heavy atom. The zero-order valence-electron chi connectivity index (χ0n) is 14.9. The second-order valence-electron chi connectivity index (χ2n) is 5.99. The molecule has 1 unspecified atom stereocenters. The molecule has 0 saturated carbocycles. The molecular weight excluding hydrogens is 322 g/mol. The van der Waals surface area contributed by atoms with Gasteiger partial charge in [-0.1, -0.05) is 12.1 Å². The van der Waals surface area contributed by atoms with E-state index in [1.54, 1.807) is 25.3 Å². The summed E-state index contributed by atoms with van der Waals surface area (Å²) in [7, 11) is 1.73. The summed E-state index contributed by atoms with van der Waals surface area (Å²) in [4.78, 5) is 17.5. The number of rotatable bonds is 8. The van der Waals surface area contributed by atoms with Gasteiger partial charge in [-0.15, -0.1) is 0 Å². The minimum atomic E-state index is -0.379. The first kappa shape index (κ1) is 19.0. The average Bonchev–Trinajstić information content (AvgIpc) is 3.06. The maximum Gasteiger partial charge on any atom is 0.292 e. The van der Waals surface area contributed by atoms with Crippen molar-refractivity contribution in [2.24, 2.45) is 10.9 Å². The van der Waals surface area contributed by atoms with E-state index in [1.165, 1.54) is 6.07 Å². The standard InChI is InChI=1S/C17H27N5O3/c1-3-18-17(21-11-8-14(12-21)13-25-2)20-10-9-19-15-6-4-5-7-16(15)22(23)24/h4-7,14,19H,3,8-13H2,1-2H3,(H,18,20). The molecule has 138 valence electrons. The van der Waals surface area contributed by atoms with Crippen LogP contribution in [-0.4, -0.2) is 62.2 Å². The van der Waals surface area contributed by atoms with E-state index in [9.17, 15) is 10.1 Å². The van der Waals surface area contributed by atoms with Crippen molar-refractivity contribution in [3.05, 3.63) is 34.4 Å². The highest BCUT2D eigenvalue weighted by molar-refractivity contribution is 5.80. The van der Waals surface area contributed by atoms with Gasteiger partial charge < -0.3 is 20.3 Å². The Morgan fingerprint density at radius 3 is 3.00 bits per heavy atom. The van der Waals surface area contributed by atoms with E-state index >= 15 is 0 Å². The Labute approximate surface area is 148 Å². The molecule has 1 fully saturated rings. The summed E-state index contributed by atoms with van der Waals surface area (Å²) in [5.41, 5.74) is 0.606. The molecule has 0 spiro atoms. The molecule has 0 bridgehead atoms. The molecule has 1 aliphatic rings. The van der Waals surface area contributed by atoms with E-state index < -0.39 is 0 Å². The number of hydrogen-bond donors (Lipinski definition) is 2. The SMILES string of the molecule is CCNC(=NCCNc1ccccc1[N+](=O)[O-])N1CCC(COC)C1. The Kier molecular flexibility index (Phi) is 7.46. The molecule has 1 heterocycles. The predicted octanol–water partition coefficient (Wildman–Crippen LogP) is 1.94. The first-order chi connectivity index (χ1) is 12.2. The maximum absolute atomic E-state index is 11.0. The van der Waals surface area contributed by atoms with Gasteiger partial charge in [0.15, 0.2) is 5.96 Å². The fraction of sp³-hybridized carbons (Fsp3) is 0.588. The molecule has 0 radical (unpaired) electrons. The van der Waals surface area contributed by atoms with Gasteiger partial charge in [-0.25, -0.2) is 0 Å². The Balaban J connectivity index is 1.89. The summed E-state index contributed by atoms with van der Waals surface area (Å²) >= 11 is 0. The van der Waals surface area contributed by atoms with E-state index in [4.69, 9.17) is 4.74 Å². The molecule has 2 rings (SSSR count). The molecule has 1 aliphatic heterocycles. The molecule has 1 aromatic rings. The highest BCUT2D eigenvalue weighted by Gasteiger charge is 2.24. The molecule has 1 saturated heterocycles. The van der Waals surface area contributed by atoms with E-state index in [-0.39, 0.29) is 10.6 Å². The summed E-state index contributed by atoms with van der Waals surface area (Å²) < 4.78 is 5.24. The van der Waals surface area contributed by atoms with Gasteiger partial charge in [-0.2, -0.15) is 0 Å². The fourth-order valence-corrected chi connectivity index (χ4v) is 2.96. The number of nitro benzene ring substituents is 1. The largest absolute Gasteiger partial charge is 0.384 e. The average molecular weight is 349 g/mol. The predicted molar refractivity (Wildman–Crippen MR) is 99.1 cm³/mol. The van der Waals surface area contributed by atoms with Crippen LogP contribution in [0.15, 0.2) is 29.3 Å². The quantitative estimate of drug-likeness (QED) is 0.245. The van der Waals surface area contributed by atoms with Gasteiger partial charge in [0.2, 0.25) is 0 Å². The minimum Gasteiger partial charge on any atom is -0.384 e. The van der Waals surface area contributed by atoms with Crippen LogP contribution in [-0.2, 0) is 4.74 Å². The van der Waals surface area contributed by atoms with Crippen molar-refractivity contribution in [3.63, 3.8) is 0 Å². The van der Waals surface area contributed by atoms with Crippen LogP contribution in [0, 0.1) is 16.0 Å². The van der Waals surface area contributed by atoms with Crippen LogP contribution in [0.5, 0.6) is 0 Å². The van der Waals surface area contributed by atoms with E-state index in [0.29, 0.717) is 24.7 Å². The Bertz CT molecular complexity index is 593. The Morgan fingerprint density at radius 1 is 1.48 bits per heavy atom. The number of hydrogen-bond acceptors (Lipinski definition) is 5. The number of benzene rings is 1. The highest BCUT2D eigenvalue weighted by Crippen LogP contribution is 2.22. The molecule has 0 amide bonds. The third kappa shape index (κ3) is 5.60. The van der Waals surface area contributed by atoms with Gasteiger partial charge in [0.05, 0.1) is 18.1 Å². The topological polar surface area (TPSA) is 92.0 Å². The zero-order valence-corrected chi connectivity index (χ0v) is 14.9. The number of nitrogens with zero attached hydrogens (tertiary/aromatic N) is 3. The van der Waals surface area contributed by atoms with Gasteiger partial charge in [0, 0.05) is 45.3 Å². The van der Waals surface area contributed by atoms with Crippen LogP contribution in [0.1, 0.15) is 13.3 Å². The van der Waals surface area contributed by atoms with Crippen molar-refractivity contribution < 1.29 is 9.66 Å². The van der Waals surface area contributed by atoms with Crippen LogP contribution in [0.4, 0.5) is 11.4 Å². The number of methoxy groups -OCH3 is 1. The molecular formula is C17H27N5O3. The lowest BCUT2D eigenvalue weighted by molar-refractivity contribution is -0.384. The lowest BCUT2D eigenvalue weighted by Gasteiger charge is -2.21. The summed E-state index contributed by atoms with van der Waals surface area (Å²) in [6, 6.07) is 6.65. The van der Waals surface area contributed by atoms with Gasteiger partial charge in [0.25, 0.3) is 5.69 Å². The number of nitrogens with one attached hydrogen (secondary N) is 2. The zero-order chi connectivity index (χ0) is 18.1. The number of aliphatic imine (C=N–C) groups is 1. The number of anilines is 1. The third-order valence-electron chi connectivity index (χ3n) is 4.11. The van der Waals surface area contributed by atoms with Crippen molar-refractivity contribution in [2.75, 3.05) is 51.8 Å². The first-order valence-electron chi connectivity index (χ1n) is 8.65. The number of guanidine groups is 1. The van der Waals surface area contributed by atoms with Crippen molar-refractivity contribution in [2.45, 2.75) is 13.3 Å². The minimum absolute atomic E-state index is 0.0836. The van der Waals surface area contributed by atoms with Crippen LogP contribution < -0.4 is 10.6 Å². The normalized spacial score (nSPS) is 17.6. The monoisotopic (exact) mass is 349 g/mol. The first-order valence-corrected chi connectivity index (χ1v) is 8.65. The second kappa shape index (κ2) is 9.83. The van der Waals surface area contributed by atoms with Crippen molar-refractivity contribution in [3.8, 4) is 0 Å². The molecule has 1 atom stereocenters. The number of para-hydroxylation sites is 2.